The number of sulfonamides is 1. The van der Waals surface area contributed by atoms with Gasteiger partial charge in [0.2, 0.25) is 10.0 Å². The van der Waals surface area contributed by atoms with Gasteiger partial charge in [0.05, 0.1) is 11.2 Å². The summed E-state index contributed by atoms with van der Waals surface area (Å²) in [6.45, 7) is 1.96. The number of anilines is 1. The molecule has 140 valence electrons. The lowest BCUT2D eigenvalue weighted by Gasteiger charge is -2.34. The van der Waals surface area contributed by atoms with E-state index in [-0.39, 0.29) is 0 Å². The van der Waals surface area contributed by atoms with Gasteiger partial charge < -0.3 is 9.32 Å². The quantitative estimate of drug-likeness (QED) is 0.517. The van der Waals surface area contributed by atoms with E-state index in [1.54, 1.807) is 36.6 Å². The van der Waals surface area contributed by atoms with E-state index >= 15 is 0 Å². The van der Waals surface area contributed by atoms with Crippen molar-refractivity contribution in [1.82, 2.24) is 14.5 Å². The normalized spacial score (nSPS) is 15.8. The average molecular weight is 496 g/mol. The maximum atomic E-state index is 12.8. The molecule has 0 N–H and O–H groups in total. The van der Waals surface area contributed by atoms with Crippen molar-refractivity contribution in [3.63, 3.8) is 0 Å². The number of aromatic nitrogens is 2. The molecular formula is C18H17IN4O3S. The van der Waals surface area contributed by atoms with Crippen LogP contribution in [0.1, 0.15) is 0 Å². The summed E-state index contributed by atoms with van der Waals surface area (Å²) in [5, 5.41) is 8.46. The predicted octanol–water partition coefficient (Wildman–Crippen LogP) is 2.85. The summed E-state index contributed by atoms with van der Waals surface area (Å²) in [6.07, 6.45) is 1.60. The molecule has 4 rings (SSSR count). The van der Waals surface area contributed by atoms with Gasteiger partial charge in [-0.05, 0) is 71.1 Å². The first-order valence-corrected chi connectivity index (χ1v) is 10.9. The van der Waals surface area contributed by atoms with Crippen molar-refractivity contribution >= 4 is 38.4 Å². The van der Waals surface area contributed by atoms with Crippen LogP contribution in [-0.2, 0) is 10.0 Å². The van der Waals surface area contributed by atoms with Gasteiger partial charge in [0, 0.05) is 29.7 Å². The minimum atomic E-state index is -3.47. The van der Waals surface area contributed by atoms with Crippen LogP contribution < -0.4 is 4.90 Å². The minimum absolute atomic E-state index is 0.332. The van der Waals surface area contributed by atoms with Crippen molar-refractivity contribution in [2.45, 2.75) is 4.90 Å². The zero-order valence-electron chi connectivity index (χ0n) is 14.3. The number of rotatable bonds is 4. The highest BCUT2D eigenvalue weighted by Gasteiger charge is 2.29. The SMILES string of the molecule is O=S(=O)(c1ccc(I)cc1)N1CCN(c2ccc(-c3ccco3)nn2)CC1. The Balaban J connectivity index is 1.43. The summed E-state index contributed by atoms with van der Waals surface area (Å²) in [7, 11) is -3.47. The molecule has 0 radical (unpaired) electrons. The summed E-state index contributed by atoms with van der Waals surface area (Å²) in [5.41, 5.74) is 0.670. The lowest BCUT2D eigenvalue weighted by molar-refractivity contribution is 0.383. The molecule has 0 spiro atoms. The van der Waals surface area contributed by atoms with Crippen LogP contribution in [0.4, 0.5) is 5.82 Å². The molecule has 0 atom stereocenters. The second kappa shape index (κ2) is 7.56. The molecular weight excluding hydrogens is 479 g/mol. The summed E-state index contributed by atoms with van der Waals surface area (Å²) >= 11 is 2.16. The van der Waals surface area contributed by atoms with E-state index in [1.807, 2.05) is 23.1 Å². The monoisotopic (exact) mass is 496 g/mol. The first-order valence-electron chi connectivity index (χ1n) is 8.42. The number of benzene rings is 1. The van der Waals surface area contributed by atoms with Crippen molar-refractivity contribution in [3.05, 3.63) is 58.4 Å². The highest BCUT2D eigenvalue weighted by molar-refractivity contribution is 14.1. The zero-order valence-corrected chi connectivity index (χ0v) is 17.3. The highest BCUT2D eigenvalue weighted by atomic mass is 127. The van der Waals surface area contributed by atoms with Gasteiger partial charge in [0.15, 0.2) is 11.6 Å². The smallest absolute Gasteiger partial charge is 0.243 e. The number of halogens is 1. The highest BCUT2D eigenvalue weighted by Crippen LogP contribution is 2.22. The van der Waals surface area contributed by atoms with Crippen LogP contribution in [0.2, 0.25) is 0 Å². The van der Waals surface area contributed by atoms with Crippen LogP contribution in [0.25, 0.3) is 11.5 Å². The molecule has 0 bridgehead atoms. The van der Waals surface area contributed by atoms with E-state index in [4.69, 9.17) is 4.42 Å². The van der Waals surface area contributed by atoms with Gasteiger partial charge in [-0.15, -0.1) is 10.2 Å². The Morgan fingerprint density at radius 1 is 0.926 bits per heavy atom. The number of hydrogen-bond donors (Lipinski definition) is 0. The van der Waals surface area contributed by atoms with Crippen molar-refractivity contribution in [1.29, 1.82) is 0 Å². The van der Waals surface area contributed by atoms with Crippen LogP contribution in [-0.4, -0.2) is 49.1 Å². The second-order valence-electron chi connectivity index (χ2n) is 6.10. The molecule has 7 nitrogen and oxygen atoms in total. The molecule has 0 unspecified atom stereocenters. The topological polar surface area (TPSA) is 79.5 Å². The number of furan rings is 1. The fourth-order valence-electron chi connectivity index (χ4n) is 2.96. The molecule has 0 aliphatic carbocycles. The Morgan fingerprint density at radius 3 is 2.26 bits per heavy atom. The fraction of sp³-hybridized carbons (Fsp3) is 0.222. The summed E-state index contributed by atoms with van der Waals surface area (Å²) < 4.78 is 33.4. The molecule has 3 aromatic rings. The predicted molar refractivity (Wildman–Crippen MR) is 110 cm³/mol. The Morgan fingerprint density at radius 2 is 1.67 bits per heavy atom. The van der Waals surface area contributed by atoms with Crippen LogP contribution in [0.3, 0.4) is 0 Å². The molecule has 1 fully saturated rings. The lowest BCUT2D eigenvalue weighted by atomic mass is 10.3. The van der Waals surface area contributed by atoms with E-state index in [0.29, 0.717) is 42.5 Å². The number of nitrogens with zero attached hydrogens (tertiary/aromatic N) is 4. The van der Waals surface area contributed by atoms with E-state index < -0.39 is 10.0 Å². The third-order valence-corrected chi connectivity index (χ3v) is 7.07. The molecule has 2 aromatic heterocycles. The Bertz CT molecular complexity index is 998. The van der Waals surface area contributed by atoms with E-state index in [0.717, 1.165) is 9.39 Å². The van der Waals surface area contributed by atoms with Gasteiger partial charge in [-0.3, -0.25) is 0 Å². The molecule has 9 heteroatoms. The molecule has 3 heterocycles. The third kappa shape index (κ3) is 3.85. The molecule has 1 aliphatic rings. The first-order chi connectivity index (χ1) is 13.0. The van der Waals surface area contributed by atoms with Crippen molar-refractivity contribution in [3.8, 4) is 11.5 Å². The lowest BCUT2D eigenvalue weighted by Crippen LogP contribution is -2.49. The number of piperazine rings is 1. The van der Waals surface area contributed by atoms with Crippen LogP contribution in [0.5, 0.6) is 0 Å². The van der Waals surface area contributed by atoms with E-state index in [1.165, 1.54) is 4.31 Å². The first kappa shape index (κ1) is 18.4. The van der Waals surface area contributed by atoms with Gasteiger partial charge in [-0.1, -0.05) is 0 Å². The van der Waals surface area contributed by atoms with E-state index in [9.17, 15) is 8.42 Å². The molecule has 1 saturated heterocycles. The zero-order chi connectivity index (χ0) is 18.9. The summed E-state index contributed by atoms with van der Waals surface area (Å²) in [4.78, 5) is 2.37. The maximum Gasteiger partial charge on any atom is 0.243 e. The van der Waals surface area contributed by atoms with Gasteiger partial charge in [0.25, 0.3) is 0 Å². The standard InChI is InChI=1S/C18H17IN4O3S/c19-14-3-5-15(6-4-14)27(24,25)23-11-9-22(10-12-23)18-8-7-16(20-21-18)17-2-1-13-26-17/h1-8,13H,9-12H2. The Labute approximate surface area is 171 Å². The molecule has 1 aliphatic heterocycles. The minimum Gasteiger partial charge on any atom is -0.463 e. The number of hydrogen-bond acceptors (Lipinski definition) is 6. The molecule has 27 heavy (non-hydrogen) atoms. The van der Waals surface area contributed by atoms with Crippen molar-refractivity contribution < 1.29 is 12.8 Å². The van der Waals surface area contributed by atoms with Crippen LogP contribution >= 0.6 is 22.6 Å². The Kier molecular flexibility index (Phi) is 5.15. The average Bonchev–Trinajstić information content (AvgIpc) is 3.23. The van der Waals surface area contributed by atoms with Crippen molar-refractivity contribution in [2.24, 2.45) is 0 Å². The van der Waals surface area contributed by atoms with E-state index in [2.05, 4.69) is 32.8 Å². The largest absolute Gasteiger partial charge is 0.463 e. The summed E-state index contributed by atoms with van der Waals surface area (Å²) in [6, 6.07) is 14.3. The van der Waals surface area contributed by atoms with Gasteiger partial charge in [-0.2, -0.15) is 4.31 Å². The van der Waals surface area contributed by atoms with Gasteiger partial charge in [0.1, 0.15) is 5.69 Å². The van der Waals surface area contributed by atoms with Crippen molar-refractivity contribution in [2.75, 3.05) is 31.1 Å². The molecule has 1 aromatic carbocycles. The van der Waals surface area contributed by atoms with Crippen LogP contribution in [0.15, 0.2) is 64.1 Å². The third-order valence-electron chi connectivity index (χ3n) is 4.44. The Hall–Kier alpha value is -1.98. The second-order valence-corrected chi connectivity index (χ2v) is 9.28. The van der Waals surface area contributed by atoms with Gasteiger partial charge in [-0.25, -0.2) is 8.42 Å². The maximum absolute atomic E-state index is 12.8. The molecule has 0 amide bonds. The summed E-state index contributed by atoms with van der Waals surface area (Å²) in [5.74, 6) is 1.40. The van der Waals surface area contributed by atoms with Gasteiger partial charge >= 0.3 is 0 Å². The fourth-order valence-corrected chi connectivity index (χ4v) is 4.74. The van der Waals surface area contributed by atoms with Crippen LogP contribution in [0, 0.1) is 3.57 Å². The molecule has 0 saturated carbocycles.